The molecule has 0 aliphatic rings. The van der Waals surface area contributed by atoms with E-state index in [4.69, 9.17) is 16.3 Å². The quantitative estimate of drug-likeness (QED) is 0.757. The number of ether oxygens (including phenoxy) is 1. The lowest BCUT2D eigenvalue weighted by molar-refractivity contribution is 0.398. The van der Waals surface area contributed by atoms with Gasteiger partial charge in [-0.1, -0.05) is 6.07 Å². The van der Waals surface area contributed by atoms with E-state index >= 15 is 0 Å². The van der Waals surface area contributed by atoms with Crippen molar-refractivity contribution in [2.45, 2.75) is 13.0 Å². The van der Waals surface area contributed by atoms with Crippen molar-refractivity contribution >= 4 is 17.4 Å². The number of hydrogen-bond acceptors (Lipinski definition) is 3. The number of aromatic nitrogens is 1. The molecule has 0 saturated heterocycles. The van der Waals surface area contributed by atoms with Crippen LogP contribution in [-0.2, 0) is 0 Å². The molecule has 0 bridgehead atoms. The summed E-state index contributed by atoms with van der Waals surface area (Å²) in [4.78, 5) is 4.19. The number of nitrogens with zero attached hydrogens (tertiary/aromatic N) is 1. The van der Waals surface area contributed by atoms with Crippen LogP contribution in [0, 0.1) is 0 Å². The van der Waals surface area contributed by atoms with E-state index in [0.29, 0.717) is 11.8 Å². The Morgan fingerprint density at radius 3 is 3.00 bits per heavy atom. The van der Waals surface area contributed by atoms with Crippen molar-refractivity contribution in [3.8, 4) is 5.88 Å². The van der Waals surface area contributed by atoms with Gasteiger partial charge in [-0.15, -0.1) is 11.6 Å². The Bertz CT molecular complexity index is 268. The fourth-order valence-electron chi connectivity index (χ4n) is 0.900. The Balaban J connectivity index is 2.66. The number of anilines is 1. The zero-order chi connectivity index (χ0) is 9.68. The number of pyridine rings is 1. The fourth-order valence-corrected chi connectivity index (χ4v) is 0.977. The minimum atomic E-state index is 0.210. The van der Waals surface area contributed by atoms with Crippen LogP contribution in [0.4, 0.5) is 5.82 Å². The molecule has 0 spiro atoms. The summed E-state index contributed by atoms with van der Waals surface area (Å²) in [7, 11) is 1.59. The lowest BCUT2D eigenvalue weighted by atomic mass is 10.3. The molecule has 72 valence electrons. The maximum atomic E-state index is 5.65. The van der Waals surface area contributed by atoms with Crippen molar-refractivity contribution in [1.82, 2.24) is 4.98 Å². The van der Waals surface area contributed by atoms with E-state index in [-0.39, 0.29) is 6.04 Å². The van der Waals surface area contributed by atoms with E-state index in [1.807, 2.05) is 19.1 Å². The van der Waals surface area contributed by atoms with E-state index in [0.717, 1.165) is 5.82 Å². The van der Waals surface area contributed by atoms with Crippen LogP contribution in [0.3, 0.4) is 0 Å². The monoisotopic (exact) mass is 200 g/mol. The Labute approximate surface area is 83.1 Å². The first-order chi connectivity index (χ1) is 6.26. The van der Waals surface area contributed by atoms with Gasteiger partial charge in [0.15, 0.2) is 0 Å². The first kappa shape index (κ1) is 10.1. The SMILES string of the molecule is COc1cccc(NC(C)CCl)n1. The molecule has 0 radical (unpaired) electrons. The molecule has 0 aliphatic heterocycles. The van der Waals surface area contributed by atoms with Gasteiger partial charge in [0.25, 0.3) is 0 Å². The second-order valence-electron chi connectivity index (χ2n) is 2.76. The Morgan fingerprint density at radius 2 is 2.38 bits per heavy atom. The molecule has 1 unspecified atom stereocenters. The van der Waals surface area contributed by atoms with Gasteiger partial charge in [-0.2, -0.15) is 4.98 Å². The highest BCUT2D eigenvalue weighted by Crippen LogP contribution is 2.11. The Morgan fingerprint density at radius 1 is 1.62 bits per heavy atom. The van der Waals surface area contributed by atoms with Crippen LogP contribution in [0.1, 0.15) is 6.92 Å². The van der Waals surface area contributed by atoms with Gasteiger partial charge < -0.3 is 10.1 Å². The molecule has 0 saturated carbocycles. The fraction of sp³-hybridized carbons (Fsp3) is 0.444. The molecule has 1 rings (SSSR count). The van der Waals surface area contributed by atoms with Gasteiger partial charge in [-0.3, -0.25) is 0 Å². The lowest BCUT2D eigenvalue weighted by Gasteiger charge is -2.11. The zero-order valence-electron chi connectivity index (χ0n) is 7.75. The predicted octanol–water partition coefficient (Wildman–Crippen LogP) is 2.13. The van der Waals surface area contributed by atoms with Gasteiger partial charge in [0.1, 0.15) is 5.82 Å². The van der Waals surface area contributed by atoms with Crippen molar-refractivity contribution in [1.29, 1.82) is 0 Å². The highest BCUT2D eigenvalue weighted by molar-refractivity contribution is 6.18. The molecule has 0 aromatic carbocycles. The van der Waals surface area contributed by atoms with Crippen LogP contribution >= 0.6 is 11.6 Å². The number of nitrogens with one attached hydrogen (secondary N) is 1. The Kier molecular flexibility index (Phi) is 3.83. The molecular formula is C9H13ClN2O. The highest BCUT2D eigenvalue weighted by Gasteiger charge is 2.01. The molecule has 1 aromatic rings. The van der Waals surface area contributed by atoms with E-state index < -0.39 is 0 Å². The minimum absolute atomic E-state index is 0.210. The number of rotatable bonds is 4. The predicted molar refractivity (Wildman–Crippen MR) is 54.6 cm³/mol. The summed E-state index contributed by atoms with van der Waals surface area (Å²) in [6, 6.07) is 5.78. The van der Waals surface area contributed by atoms with Gasteiger partial charge in [-0.05, 0) is 13.0 Å². The Hall–Kier alpha value is -0.960. The van der Waals surface area contributed by atoms with Crippen LogP contribution in [0.25, 0.3) is 0 Å². The third kappa shape index (κ3) is 3.11. The van der Waals surface area contributed by atoms with Gasteiger partial charge >= 0.3 is 0 Å². The van der Waals surface area contributed by atoms with Crippen molar-refractivity contribution in [2.24, 2.45) is 0 Å². The lowest BCUT2D eigenvalue weighted by Crippen LogP contribution is -2.17. The van der Waals surface area contributed by atoms with Gasteiger partial charge in [0.2, 0.25) is 5.88 Å². The van der Waals surface area contributed by atoms with Crippen molar-refractivity contribution < 1.29 is 4.74 Å². The van der Waals surface area contributed by atoms with Crippen molar-refractivity contribution in [3.63, 3.8) is 0 Å². The average molecular weight is 201 g/mol. The smallest absolute Gasteiger partial charge is 0.214 e. The summed E-state index contributed by atoms with van der Waals surface area (Å²) >= 11 is 5.65. The second-order valence-corrected chi connectivity index (χ2v) is 3.07. The first-order valence-corrected chi connectivity index (χ1v) is 4.63. The maximum absolute atomic E-state index is 5.65. The number of methoxy groups -OCH3 is 1. The highest BCUT2D eigenvalue weighted by atomic mass is 35.5. The molecule has 1 atom stereocenters. The average Bonchev–Trinajstić information content (AvgIpc) is 2.18. The molecule has 0 amide bonds. The van der Waals surface area contributed by atoms with Crippen molar-refractivity contribution in [3.05, 3.63) is 18.2 Å². The van der Waals surface area contributed by atoms with Gasteiger partial charge in [0.05, 0.1) is 7.11 Å². The van der Waals surface area contributed by atoms with Crippen LogP contribution < -0.4 is 10.1 Å². The van der Waals surface area contributed by atoms with Crippen LogP contribution in [0.15, 0.2) is 18.2 Å². The van der Waals surface area contributed by atoms with Gasteiger partial charge in [-0.25, -0.2) is 0 Å². The normalized spacial score (nSPS) is 12.2. The summed E-state index contributed by atoms with van der Waals surface area (Å²) in [5.74, 6) is 1.94. The molecule has 0 aliphatic carbocycles. The summed E-state index contributed by atoms with van der Waals surface area (Å²) in [5, 5.41) is 3.14. The molecule has 4 heteroatoms. The molecular weight excluding hydrogens is 188 g/mol. The molecule has 1 N–H and O–H groups in total. The summed E-state index contributed by atoms with van der Waals surface area (Å²) in [6.07, 6.45) is 0. The van der Waals surface area contributed by atoms with Crippen LogP contribution in [0.5, 0.6) is 5.88 Å². The van der Waals surface area contributed by atoms with E-state index in [1.54, 1.807) is 13.2 Å². The van der Waals surface area contributed by atoms with E-state index in [9.17, 15) is 0 Å². The largest absolute Gasteiger partial charge is 0.481 e. The third-order valence-electron chi connectivity index (χ3n) is 1.56. The standard InChI is InChI=1S/C9H13ClN2O/c1-7(6-10)11-8-4-3-5-9(12-8)13-2/h3-5,7H,6H2,1-2H3,(H,11,12). The third-order valence-corrected chi connectivity index (χ3v) is 2.02. The van der Waals surface area contributed by atoms with E-state index in [1.165, 1.54) is 0 Å². The molecule has 0 fully saturated rings. The zero-order valence-corrected chi connectivity index (χ0v) is 8.51. The van der Waals surface area contributed by atoms with Gasteiger partial charge in [0, 0.05) is 18.0 Å². The topological polar surface area (TPSA) is 34.1 Å². The number of hydrogen-bond donors (Lipinski definition) is 1. The first-order valence-electron chi connectivity index (χ1n) is 4.10. The molecule has 13 heavy (non-hydrogen) atoms. The maximum Gasteiger partial charge on any atom is 0.214 e. The molecule has 1 heterocycles. The summed E-state index contributed by atoms with van der Waals surface area (Å²) in [6.45, 7) is 1.99. The number of alkyl halides is 1. The summed E-state index contributed by atoms with van der Waals surface area (Å²) in [5.41, 5.74) is 0. The molecule has 3 nitrogen and oxygen atoms in total. The van der Waals surface area contributed by atoms with E-state index in [2.05, 4.69) is 10.3 Å². The number of halogens is 1. The molecule has 1 aromatic heterocycles. The second kappa shape index (κ2) is 4.92. The van der Waals surface area contributed by atoms with Crippen molar-refractivity contribution in [2.75, 3.05) is 18.3 Å². The minimum Gasteiger partial charge on any atom is -0.481 e. The summed E-state index contributed by atoms with van der Waals surface area (Å²) < 4.78 is 4.99. The van der Waals surface area contributed by atoms with Crippen LogP contribution in [0.2, 0.25) is 0 Å². The van der Waals surface area contributed by atoms with Crippen LogP contribution in [-0.4, -0.2) is 24.0 Å².